The van der Waals surface area contributed by atoms with Gasteiger partial charge in [0, 0.05) is 0 Å². The van der Waals surface area contributed by atoms with Gasteiger partial charge < -0.3 is 10.2 Å². The molecule has 0 aliphatic rings. The molecule has 0 bridgehead atoms. The van der Waals surface area contributed by atoms with Crippen LogP contribution >= 0.6 is 0 Å². The minimum Gasteiger partial charge on any atom is -0.392 e. The molecular formula is C12H11O2. The van der Waals surface area contributed by atoms with Crippen LogP contribution in [-0.2, 0) is 13.2 Å². The molecule has 2 rings (SSSR count). The minimum atomic E-state index is -0.0583. The normalized spacial score (nSPS) is 10.7. The maximum Gasteiger partial charge on any atom is 0.0691 e. The highest BCUT2D eigenvalue weighted by atomic mass is 16.3. The van der Waals surface area contributed by atoms with Gasteiger partial charge in [-0.05, 0) is 34.0 Å². The van der Waals surface area contributed by atoms with E-state index in [0.717, 1.165) is 21.9 Å². The van der Waals surface area contributed by atoms with Crippen molar-refractivity contribution in [2.24, 2.45) is 0 Å². The van der Waals surface area contributed by atoms with Crippen molar-refractivity contribution in [3.8, 4) is 0 Å². The molecule has 0 saturated heterocycles. The van der Waals surface area contributed by atoms with Crippen molar-refractivity contribution in [3.05, 3.63) is 47.5 Å². The quantitative estimate of drug-likeness (QED) is 0.750. The summed E-state index contributed by atoms with van der Waals surface area (Å²) >= 11 is 0. The fourth-order valence-electron chi connectivity index (χ4n) is 1.62. The predicted molar refractivity (Wildman–Crippen MR) is 54.6 cm³/mol. The zero-order chi connectivity index (χ0) is 9.97. The number of aliphatic hydroxyl groups excluding tert-OH is 2. The van der Waals surface area contributed by atoms with Crippen molar-refractivity contribution in [1.29, 1.82) is 0 Å². The zero-order valence-electron chi connectivity index (χ0n) is 7.70. The van der Waals surface area contributed by atoms with Crippen LogP contribution in [0, 0.1) is 6.07 Å². The molecule has 0 spiro atoms. The topological polar surface area (TPSA) is 40.5 Å². The van der Waals surface area contributed by atoms with Crippen LogP contribution in [0.25, 0.3) is 10.8 Å². The van der Waals surface area contributed by atoms with Crippen molar-refractivity contribution in [2.45, 2.75) is 13.2 Å². The van der Waals surface area contributed by atoms with Gasteiger partial charge in [-0.2, -0.15) is 0 Å². The standard InChI is InChI=1S/C12H11O2/c13-7-10-6-5-9-3-1-2-4-11(9)12(10)8-14/h1-4,6,13-14H,7-8H2. The Balaban J connectivity index is 2.77. The van der Waals surface area contributed by atoms with Crippen LogP contribution in [0.1, 0.15) is 11.1 Å². The van der Waals surface area contributed by atoms with Crippen LogP contribution in [-0.4, -0.2) is 10.2 Å². The third kappa shape index (κ3) is 1.39. The molecule has 0 fully saturated rings. The van der Waals surface area contributed by atoms with Gasteiger partial charge in [0.05, 0.1) is 13.2 Å². The van der Waals surface area contributed by atoms with E-state index in [-0.39, 0.29) is 13.2 Å². The number of aliphatic hydroxyl groups is 2. The average molecular weight is 187 g/mol. The monoisotopic (exact) mass is 187 g/mol. The molecule has 14 heavy (non-hydrogen) atoms. The number of benzene rings is 2. The second kappa shape index (κ2) is 3.78. The molecule has 1 radical (unpaired) electrons. The Hall–Kier alpha value is -1.38. The smallest absolute Gasteiger partial charge is 0.0691 e. The Morgan fingerprint density at radius 3 is 2.57 bits per heavy atom. The van der Waals surface area contributed by atoms with E-state index < -0.39 is 0 Å². The Labute approximate surface area is 82.4 Å². The molecule has 0 heterocycles. The highest BCUT2D eigenvalue weighted by Crippen LogP contribution is 2.21. The molecular weight excluding hydrogens is 176 g/mol. The van der Waals surface area contributed by atoms with Gasteiger partial charge >= 0.3 is 0 Å². The van der Waals surface area contributed by atoms with Gasteiger partial charge in [0.15, 0.2) is 0 Å². The molecule has 2 heteroatoms. The van der Waals surface area contributed by atoms with Crippen LogP contribution in [0.3, 0.4) is 0 Å². The molecule has 0 saturated carbocycles. The second-order valence-electron chi connectivity index (χ2n) is 3.15. The van der Waals surface area contributed by atoms with Crippen molar-refractivity contribution < 1.29 is 10.2 Å². The van der Waals surface area contributed by atoms with E-state index in [2.05, 4.69) is 6.07 Å². The molecule has 2 nitrogen and oxygen atoms in total. The van der Waals surface area contributed by atoms with Gasteiger partial charge in [-0.1, -0.05) is 24.3 Å². The zero-order valence-corrected chi connectivity index (χ0v) is 7.70. The molecule has 0 aromatic heterocycles. The van der Waals surface area contributed by atoms with Crippen LogP contribution in [0.5, 0.6) is 0 Å². The lowest BCUT2D eigenvalue weighted by molar-refractivity contribution is 0.261. The second-order valence-corrected chi connectivity index (χ2v) is 3.15. The first-order valence-corrected chi connectivity index (χ1v) is 4.49. The summed E-state index contributed by atoms with van der Waals surface area (Å²) in [5.74, 6) is 0. The maximum atomic E-state index is 9.22. The summed E-state index contributed by atoms with van der Waals surface area (Å²) in [5.41, 5.74) is 1.54. The predicted octanol–water partition coefficient (Wildman–Crippen LogP) is 1.62. The van der Waals surface area contributed by atoms with Crippen molar-refractivity contribution in [2.75, 3.05) is 0 Å². The molecule has 0 amide bonds. The van der Waals surface area contributed by atoms with Crippen LogP contribution in [0.2, 0.25) is 0 Å². The minimum absolute atomic E-state index is 0.0505. The molecule has 2 N–H and O–H groups in total. The van der Waals surface area contributed by atoms with E-state index >= 15 is 0 Å². The fraction of sp³-hybridized carbons (Fsp3) is 0.167. The van der Waals surface area contributed by atoms with E-state index in [0.29, 0.717) is 0 Å². The van der Waals surface area contributed by atoms with E-state index in [1.165, 1.54) is 0 Å². The molecule has 0 aliphatic carbocycles. The van der Waals surface area contributed by atoms with E-state index in [1.54, 1.807) is 6.07 Å². The Morgan fingerprint density at radius 1 is 1.07 bits per heavy atom. The summed E-state index contributed by atoms with van der Waals surface area (Å²) in [7, 11) is 0. The Morgan fingerprint density at radius 2 is 1.86 bits per heavy atom. The van der Waals surface area contributed by atoms with Gasteiger partial charge in [0.25, 0.3) is 0 Å². The molecule has 2 aromatic carbocycles. The van der Waals surface area contributed by atoms with Gasteiger partial charge in [0.1, 0.15) is 0 Å². The van der Waals surface area contributed by atoms with Crippen molar-refractivity contribution in [3.63, 3.8) is 0 Å². The van der Waals surface area contributed by atoms with Gasteiger partial charge in [0.2, 0.25) is 0 Å². The summed E-state index contributed by atoms with van der Waals surface area (Å²) in [4.78, 5) is 0. The summed E-state index contributed by atoms with van der Waals surface area (Å²) in [6, 6.07) is 12.5. The van der Waals surface area contributed by atoms with Crippen molar-refractivity contribution in [1.82, 2.24) is 0 Å². The molecule has 0 unspecified atom stereocenters. The summed E-state index contributed by atoms with van der Waals surface area (Å²) in [5, 5.41) is 20.2. The molecule has 0 aliphatic heterocycles. The molecule has 2 aromatic rings. The number of hydrogen-bond donors (Lipinski definition) is 2. The lowest BCUT2D eigenvalue weighted by Gasteiger charge is -2.08. The number of hydrogen-bond acceptors (Lipinski definition) is 2. The lowest BCUT2D eigenvalue weighted by atomic mass is 10.00. The van der Waals surface area contributed by atoms with Crippen LogP contribution in [0.15, 0.2) is 30.3 Å². The van der Waals surface area contributed by atoms with E-state index in [4.69, 9.17) is 5.11 Å². The van der Waals surface area contributed by atoms with Gasteiger partial charge in [-0.25, -0.2) is 0 Å². The SMILES string of the molecule is OCc1c[c]c2ccccc2c1CO. The Kier molecular flexibility index (Phi) is 2.48. The lowest BCUT2D eigenvalue weighted by Crippen LogP contribution is -1.95. The van der Waals surface area contributed by atoms with Gasteiger partial charge in [-0.3, -0.25) is 0 Å². The third-order valence-electron chi connectivity index (χ3n) is 2.37. The Bertz CT molecular complexity index is 449. The first-order chi connectivity index (χ1) is 6.86. The van der Waals surface area contributed by atoms with Crippen LogP contribution in [0.4, 0.5) is 0 Å². The molecule has 0 atom stereocenters. The summed E-state index contributed by atoms with van der Waals surface area (Å²) in [6.45, 7) is -0.109. The van der Waals surface area contributed by atoms with E-state index in [9.17, 15) is 5.11 Å². The number of rotatable bonds is 2. The van der Waals surface area contributed by atoms with E-state index in [1.807, 2.05) is 24.3 Å². The highest BCUT2D eigenvalue weighted by Gasteiger charge is 2.05. The van der Waals surface area contributed by atoms with Crippen molar-refractivity contribution >= 4 is 10.8 Å². The van der Waals surface area contributed by atoms with Gasteiger partial charge in [-0.15, -0.1) is 0 Å². The third-order valence-corrected chi connectivity index (χ3v) is 2.37. The fourth-order valence-corrected chi connectivity index (χ4v) is 1.62. The first kappa shape index (κ1) is 9.19. The highest BCUT2D eigenvalue weighted by molar-refractivity contribution is 5.86. The summed E-state index contributed by atoms with van der Waals surface area (Å²) < 4.78 is 0. The molecule has 71 valence electrons. The summed E-state index contributed by atoms with van der Waals surface area (Å²) in [6.07, 6.45) is 0. The maximum absolute atomic E-state index is 9.22. The number of fused-ring (bicyclic) bond motifs is 1. The largest absolute Gasteiger partial charge is 0.392 e. The average Bonchev–Trinajstić information content (AvgIpc) is 2.27. The van der Waals surface area contributed by atoms with Crippen LogP contribution < -0.4 is 0 Å². The first-order valence-electron chi connectivity index (χ1n) is 4.49.